The van der Waals surface area contributed by atoms with Crippen LogP contribution in [0, 0.1) is 13.8 Å². The molecule has 0 fully saturated rings. The molecule has 0 aliphatic heterocycles. The number of benzene rings is 2. The fourth-order valence-electron chi connectivity index (χ4n) is 2.83. The van der Waals surface area contributed by atoms with Crippen LogP contribution in [0.4, 0.5) is 0 Å². The van der Waals surface area contributed by atoms with Crippen LogP contribution in [0.3, 0.4) is 0 Å². The Hall–Kier alpha value is -3.12. The number of thiophene rings is 1. The Labute approximate surface area is 174 Å². The van der Waals surface area contributed by atoms with Crippen molar-refractivity contribution in [3.8, 4) is 5.75 Å². The van der Waals surface area contributed by atoms with Crippen LogP contribution in [-0.4, -0.2) is 25.1 Å². The molecule has 0 bridgehead atoms. The van der Waals surface area contributed by atoms with E-state index in [0.717, 1.165) is 21.6 Å². The first-order valence-corrected chi connectivity index (χ1v) is 10.1. The van der Waals surface area contributed by atoms with Gasteiger partial charge in [-0.2, -0.15) is 0 Å². The molecular weight excluding hydrogens is 386 g/mol. The van der Waals surface area contributed by atoms with Crippen LogP contribution in [0.2, 0.25) is 0 Å². The fraction of sp³-hybridized carbons (Fsp3) is 0.217. The van der Waals surface area contributed by atoms with Crippen LogP contribution in [0.5, 0.6) is 5.75 Å². The Bertz CT molecular complexity index is 954. The van der Waals surface area contributed by atoms with Crippen molar-refractivity contribution in [2.45, 2.75) is 19.9 Å². The summed E-state index contributed by atoms with van der Waals surface area (Å²) in [6.45, 7) is 3.30. The predicted molar refractivity (Wildman–Crippen MR) is 113 cm³/mol. The molecule has 29 heavy (non-hydrogen) atoms. The predicted octanol–water partition coefficient (Wildman–Crippen LogP) is 4.19. The molecule has 0 aliphatic carbocycles. The molecule has 0 saturated heterocycles. The highest BCUT2D eigenvalue weighted by Crippen LogP contribution is 2.25. The molecule has 1 amide bonds. The summed E-state index contributed by atoms with van der Waals surface area (Å²) in [4.78, 5) is 25.4. The van der Waals surface area contributed by atoms with Crippen molar-refractivity contribution in [3.05, 3.63) is 87.6 Å². The number of ether oxygens (including phenoxy) is 2. The third-order valence-corrected chi connectivity index (χ3v) is 5.47. The monoisotopic (exact) mass is 409 g/mol. The van der Waals surface area contributed by atoms with E-state index in [1.54, 1.807) is 17.4 Å². The van der Waals surface area contributed by atoms with Gasteiger partial charge < -0.3 is 14.8 Å². The lowest BCUT2D eigenvalue weighted by atomic mass is 10.1. The normalized spacial score (nSPS) is 11.5. The standard InChI is InChI=1S/C23H23NO4S/c1-16-8-6-11-19(17(16)2)27-15-22(26)28-14-21(25)24-23(20-12-7-13-29-20)18-9-4-3-5-10-18/h3-13,23H,14-15H2,1-2H3,(H,24,25)/t23-/m1/s1. The first-order chi connectivity index (χ1) is 14.0. The first kappa shape index (κ1) is 20.6. The molecule has 0 aliphatic rings. The van der Waals surface area contributed by atoms with Gasteiger partial charge in [0.15, 0.2) is 13.2 Å². The summed E-state index contributed by atoms with van der Waals surface area (Å²) in [7, 11) is 0. The summed E-state index contributed by atoms with van der Waals surface area (Å²) in [5.74, 6) is -0.325. The number of hydrogen-bond donors (Lipinski definition) is 1. The van der Waals surface area contributed by atoms with Crippen molar-refractivity contribution in [1.82, 2.24) is 5.32 Å². The van der Waals surface area contributed by atoms with Gasteiger partial charge in [-0.15, -0.1) is 11.3 Å². The molecule has 0 saturated carbocycles. The van der Waals surface area contributed by atoms with E-state index in [2.05, 4.69) is 5.32 Å². The highest BCUT2D eigenvalue weighted by molar-refractivity contribution is 7.10. The Balaban J connectivity index is 1.53. The third-order valence-electron chi connectivity index (χ3n) is 4.53. The average Bonchev–Trinajstić information content (AvgIpc) is 3.27. The molecule has 0 spiro atoms. The smallest absolute Gasteiger partial charge is 0.344 e. The second-order valence-electron chi connectivity index (χ2n) is 6.57. The summed E-state index contributed by atoms with van der Waals surface area (Å²) in [5.41, 5.74) is 3.02. The minimum absolute atomic E-state index is 0.245. The van der Waals surface area contributed by atoms with Crippen LogP contribution < -0.4 is 10.1 Å². The third kappa shape index (κ3) is 5.68. The number of hydrogen-bond acceptors (Lipinski definition) is 5. The second-order valence-corrected chi connectivity index (χ2v) is 7.55. The van der Waals surface area contributed by atoms with E-state index in [9.17, 15) is 9.59 Å². The number of nitrogens with one attached hydrogen (secondary N) is 1. The number of esters is 1. The number of carbonyl (C=O) groups excluding carboxylic acids is 2. The molecule has 0 unspecified atom stereocenters. The lowest BCUT2D eigenvalue weighted by molar-refractivity contribution is -0.150. The maximum absolute atomic E-state index is 12.4. The van der Waals surface area contributed by atoms with Gasteiger partial charge >= 0.3 is 5.97 Å². The van der Waals surface area contributed by atoms with Gasteiger partial charge in [0.05, 0.1) is 6.04 Å². The molecule has 0 radical (unpaired) electrons. The van der Waals surface area contributed by atoms with Crippen LogP contribution in [0.25, 0.3) is 0 Å². The van der Waals surface area contributed by atoms with Gasteiger partial charge in [-0.05, 0) is 48.1 Å². The largest absolute Gasteiger partial charge is 0.482 e. The maximum atomic E-state index is 12.4. The topological polar surface area (TPSA) is 64.6 Å². The number of rotatable bonds is 8. The van der Waals surface area contributed by atoms with Crippen molar-refractivity contribution in [3.63, 3.8) is 0 Å². The van der Waals surface area contributed by atoms with Crippen LogP contribution >= 0.6 is 11.3 Å². The van der Waals surface area contributed by atoms with E-state index in [0.29, 0.717) is 5.75 Å². The van der Waals surface area contributed by atoms with Gasteiger partial charge in [0.2, 0.25) is 0 Å². The minimum Gasteiger partial charge on any atom is -0.482 e. The molecule has 1 N–H and O–H groups in total. The highest BCUT2D eigenvalue weighted by atomic mass is 32.1. The van der Waals surface area contributed by atoms with Gasteiger partial charge in [0.1, 0.15) is 5.75 Å². The van der Waals surface area contributed by atoms with E-state index < -0.39 is 5.97 Å². The van der Waals surface area contributed by atoms with Gasteiger partial charge in [-0.1, -0.05) is 48.5 Å². The van der Waals surface area contributed by atoms with E-state index in [-0.39, 0.29) is 25.2 Å². The second kappa shape index (κ2) is 9.89. The summed E-state index contributed by atoms with van der Waals surface area (Å²) in [6.07, 6.45) is 0. The zero-order chi connectivity index (χ0) is 20.6. The molecule has 6 heteroatoms. The van der Waals surface area contributed by atoms with Crippen molar-refractivity contribution < 1.29 is 19.1 Å². The maximum Gasteiger partial charge on any atom is 0.344 e. The van der Waals surface area contributed by atoms with Crippen molar-refractivity contribution in [1.29, 1.82) is 0 Å². The lowest BCUT2D eigenvalue weighted by Crippen LogP contribution is -2.33. The summed E-state index contributed by atoms with van der Waals surface area (Å²) in [6, 6.07) is 18.9. The quantitative estimate of drug-likeness (QED) is 0.567. The number of carbonyl (C=O) groups is 2. The Morgan fingerprint density at radius 3 is 2.48 bits per heavy atom. The summed E-state index contributed by atoms with van der Waals surface area (Å²) < 4.78 is 10.6. The van der Waals surface area contributed by atoms with Crippen LogP contribution in [0.15, 0.2) is 66.0 Å². The molecule has 1 heterocycles. The van der Waals surface area contributed by atoms with Crippen molar-refractivity contribution in [2.24, 2.45) is 0 Å². The molecule has 1 aromatic heterocycles. The molecule has 5 nitrogen and oxygen atoms in total. The average molecular weight is 410 g/mol. The Morgan fingerprint density at radius 2 is 1.76 bits per heavy atom. The van der Waals surface area contributed by atoms with Crippen LogP contribution in [-0.2, 0) is 14.3 Å². The molecule has 1 atom stereocenters. The van der Waals surface area contributed by atoms with Gasteiger partial charge in [-0.25, -0.2) is 4.79 Å². The van der Waals surface area contributed by atoms with E-state index >= 15 is 0 Å². The van der Waals surface area contributed by atoms with E-state index in [1.807, 2.05) is 73.8 Å². The number of aryl methyl sites for hydroxylation is 1. The zero-order valence-corrected chi connectivity index (χ0v) is 17.2. The van der Waals surface area contributed by atoms with E-state index in [4.69, 9.17) is 9.47 Å². The van der Waals surface area contributed by atoms with Crippen molar-refractivity contribution in [2.75, 3.05) is 13.2 Å². The SMILES string of the molecule is Cc1cccc(OCC(=O)OCC(=O)N[C@H](c2ccccc2)c2cccs2)c1C. The molecule has 3 aromatic rings. The first-order valence-electron chi connectivity index (χ1n) is 9.27. The summed E-state index contributed by atoms with van der Waals surface area (Å²) in [5, 5.41) is 4.90. The summed E-state index contributed by atoms with van der Waals surface area (Å²) >= 11 is 1.56. The Morgan fingerprint density at radius 1 is 0.966 bits per heavy atom. The minimum atomic E-state index is -0.589. The lowest BCUT2D eigenvalue weighted by Gasteiger charge is -2.18. The molecule has 2 aromatic carbocycles. The molecule has 3 rings (SSSR count). The Kier molecular flexibility index (Phi) is 7.03. The fourth-order valence-corrected chi connectivity index (χ4v) is 3.63. The zero-order valence-electron chi connectivity index (χ0n) is 16.4. The molecule has 150 valence electrons. The highest BCUT2D eigenvalue weighted by Gasteiger charge is 2.18. The number of amides is 1. The van der Waals surface area contributed by atoms with E-state index in [1.165, 1.54) is 0 Å². The van der Waals surface area contributed by atoms with Crippen LogP contribution in [0.1, 0.15) is 27.6 Å². The molecular formula is C23H23NO4S. The van der Waals surface area contributed by atoms with Gasteiger partial charge in [-0.3, -0.25) is 4.79 Å². The van der Waals surface area contributed by atoms with Gasteiger partial charge in [0.25, 0.3) is 5.91 Å². The van der Waals surface area contributed by atoms with Crippen molar-refractivity contribution >= 4 is 23.2 Å². The van der Waals surface area contributed by atoms with Gasteiger partial charge in [0, 0.05) is 4.88 Å².